The van der Waals surface area contributed by atoms with Crippen molar-refractivity contribution >= 4 is 58.0 Å². The lowest BCUT2D eigenvalue weighted by Crippen LogP contribution is -2.58. The van der Waals surface area contributed by atoms with Crippen LogP contribution in [0.15, 0.2) is 88.5 Å². The number of Topliss-reactive ketones (excluding diaryl/α,β-unsaturated/α-hetero) is 1. The Morgan fingerprint density at radius 3 is 2.57 bits per heavy atom. The first-order chi connectivity index (χ1) is 17.9. The van der Waals surface area contributed by atoms with Crippen molar-refractivity contribution in [1.82, 2.24) is 10.3 Å². The van der Waals surface area contributed by atoms with E-state index in [-0.39, 0.29) is 18.1 Å². The van der Waals surface area contributed by atoms with Crippen LogP contribution in [0.3, 0.4) is 0 Å². The Morgan fingerprint density at radius 1 is 1.03 bits per heavy atom. The minimum absolute atomic E-state index is 0.0683. The van der Waals surface area contributed by atoms with Gasteiger partial charge in [-0.2, -0.15) is 11.3 Å². The highest BCUT2D eigenvalue weighted by Gasteiger charge is 2.48. The fourth-order valence-electron chi connectivity index (χ4n) is 4.25. The number of rotatable bonds is 8. The van der Waals surface area contributed by atoms with Gasteiger partial charge in [-0.15, -0.1) is 11.8 Å². The van der Waals surface area contributed by atoms with E-state index in [2.05, 4.69) is 5.32 Å². The fraction of sp³-hybridized carbons (Fsp3) is 0.179. The molecule has 1 saturated heterocycles. The molecule has 5 nitrogen and oxygen atoms in total. The van der Waals surface area contributed by atoms with Crippen molar-refractivity contribution in [2.75, 3.05) is 6.61 Å². The van der Waals surface area contributed by atoms with Crippen LogP contribution in [0.25, 0.3) is 0 Å². The maximum absolute atomic E-state index is 13.5. The Balaban J connectivity index is 1.38. The molecule has 2 aromatic carbocycles. The molecule has 1 amide bonds. The van der Waals surface area contributed by atoms with Gasteiger partial charge in [-0.05, 0) is 58.3 Å². The zero-order chi connectivity index (χ0) is 25.8. The van der Waals surface area contributed by atoms with Crippen LogP contribution >= 0.6 is 46.3 Å². The molecule has 5 rings (SSSR count). The summed E-state index contributed by atoms with van der Waals surface area (Å²) in [6.45, 7) is 0.422. The minimum atomic E-state index is -1.08. The van der Waals surface area contributed by atoms with Crippen LogP contribution in [0.4, 0.5) is 0 Å². The highest BCUT2D eigenvalue weighted by molar-refractivity contribution is 8.01. The van der Waals surface area contributed by atoms with E-state index in [1.54, 1.807) is 18.2 Å². The first-order valence-electron chi connectivity index (χ1n) is 11.6. The summed E-state index contributed by atoms with van der Waals surface area (Å²) in [5.74, 6) is -0.130. The maximum Gasteiger partial charge on any atom is 0.242 e. The summed E-state index contributed by atoms with van der Waals surface area (Å²) in [6, 6.07) is 22.1. The fourth-order valence-corrected chi connectivity index (χ4v) is 6.35. The summed E-state index contributed by atoms with van der Waals surface area (Å²) in [6.07, 6.45) is 0.758. The van der Waals surface area contributed by atoms with E-state index in [4.69, 9.17) is 32.9 Å². The van der Waals surface area contributed by atoms with Crippen molar-refractivity contribution in [3.05, 3.63) is 110 Å². The number of thioether (sulfide) groups is 1. The van der Waals surface area contributed by atoms with Gasteiger partial charge in [0.05, 0.1) is 17.3 Å². The molecular weight excluding hydrogens is 547 g/mol. The lowest BCUT2D eigenvalue weighted by molar-refractivity contribution is -0.133. The van der Waals surface area contributed by atoms with E-state index in [0.29, 0.717) is 39.5 Å². The Labute approximate surface area is 233 Å². The summed E-state index contributed by atoms with van der Waals surface area (Å²) >= 11 is 14.9. The molecule has 0 aliphatic carbocycles. The van der Waals surface area contributed by atoms with Crippen LogP contribution in [-0.4, -0.2) is 28.5 Å². The summed E-state index contributed by atoms with van der Waals surface area (Å²) in [5.41, 5.74) is 1.38. The van der Waals surface area contributed by atoms with Crippen LogP contribution in [-0.2, 0) is 21.5 Å². The molecule has 188 valence electrons. The number of hydrogen-bond donors (Lipinski definition) is 1. The summed E-state index contributed by atoms with van der Waals surface area (Å²) in [5, 5.41) is 7.29. The molecule has 0 spiro atoms. The Bertz CT molecular complexity index is 1390. The number of halogens is 2. The standard InChI is InChI=1S/C28H22Cl2N2O3S2/c29-20-10-8-18(9-11-20)12-14-35-25-7-3-6-24(31-25)28(19-13-15-36-17-19)16-22(33)26(27(34)32-28)37-23-5-2-1-4-21(23)30/h1-11,13,15,17,26H,12,14,16H2,(H,32,34). The van der Waals surface area contributed by atoms with Gasteiger partial charge in [0.25, 0.3) is 0 Å². The van der Waals surface area contributed by atoms with Crippen molar-refractivity contribution in [1.29, 1.82) is 0 Å². The average Bonchev–Trinajstić information content (AvgIpc) is 3.44. The third-order valence-electron chi connectivity index (χ3n) is 6.12. The SMILES string of the molecule is O=C1CC(c2ccsc2)(c2cccc(OCCc3ccc(Cl)cc3)n2)NC(=O)C1Sc1ccccc1Cl. The molecule has 1 aliphatic heterocycles. The summed E-state index contributed by atoms with van der Waals surface area (Å²) in [4.78, 5) is 32.3. The van der Waals surface area contributed by atoms with Gasteiger partial charge in [0.1, 0.15) is 10.8 Å². The molecule has 2 aromatic heterocycles. The summed E-state index contributed by atoms with van der Waals surface area (Å²) < 4.78 is 5.94. The topological polar surface area (TPSA) is 68.3 Å². The molecular formula is C28H22Cl2N2O3S2. The predicted molar refractivity (Wildman–Crippen MR) is 149 cm³/mol. The summed E-state index contributed by atoms with van der Waals surface area (Å²) in [7, 11) is 0. The van der Waals surface area contributed by atoms with Crippen LogP contribution in [0.5, 0.6) is 5.88 Å². The van der Waals surface area contributed by atoms with Gasteiger partial charge >= 0.3 is 0 Å². The number of benzene rings is 2. The molecule has 0 radical (unpaired) electrons. The number of pyridine rings is 1. The molecule has 0 bridgehead atoms. The quantitative estimate of drug-likeness (QED) is 0.243. The van der Waals surface area contributed by atoms with E-state index in [9.17, 15) is 9.59 Å². The molecule has 37 heavy (non-hydrogen) atoms. The number of nitrogens with one attached hydrogen (secondary N) is 1. The number of ether oxygens (including phenoxy) is 1. The van der Waals surface area contributed by atoms with E-state index in [1.807, 2.05) is 65.4 Å². The zero-order valence-electron chi connectivity index (χ0n) is 19.5. The number of ketones is 1. The molecule has 9 heteroatoms. The number of nitrogens with zero attached hydrogens (tertiary/aromatic N) is 1. The average molecular weight is 570 g/mol. The molecule has 0 saturated carbocycles. The largest absolute Gasteiger partial charge is 0.477 e. The predicted octanol–water partition coefficient (Wildman–Crippen LogP) is 6.56. The second-order valence-electron chi connectivity index (χ2n) is 8.56. The molecule has 3 heterocycles. The van der Waals surface area contributed by atoms with Gasteiger partial charge in [-0.3, -0.25) is 9.59 Å². The van der Waals surface area contributed by atoms with Gasteiger partial charge < -0.3 is 10.1 Å². The van der Waals surface area contributed by atoms with Crippen molar-refractivity contribution in [3.63, 3.8) is 0 Å². The first kappa shape index (κ1) is 25.8. The zero-order valence-corrected chi connectivity index (χ0v) is 22.7. The first-order valence-corrected chi connectivity index (χ1v) is 14.2. The van der Waals surface area contributed by atoms with Crippen LogP contribution < -0.4 is 10.1 Å². The van der Waals surface area contributed by atoms with Crippen LogP contribution in [0.2, 0.25) is 10.0 Å². The van der Waals surface area contributed by atoms with Crippen LogP contribution in [0.1, 0.15) is 23.2 Å². The smallest absolute Gasteiger partial charge is 0.242 e. The van der Waals surface area contributed by atoms with E-state index < -0.39 is 10.8 Å². The molecule has 1 fully saturated rings. The number of hydrogen-bond acceptors (Lipinski definition) is 6. The Hall–Kier alpha value is -2.84. The maximum atomic E-state index is 13.5. The van der Waals surface area contributed by atoms with Crippen LogP contribution in [0, 0.1) is 0 Å². The van der Waals surface area contributed by atoms with Gasteiger partial charge in [-0.25, -0.2) is 4.98 Å². The van der Waals surface area contributed by atoms with Crippen molar-refractivity contribution in [2.24, 2.45) is 0 Å². The van der Waals surface area contributed by atoms with Gasteiger partial charge in [-0.1, -0.05) is 53.5 Å². The Morgan fingerprint density at radius 2 is 1.84 bits per heavy atom. The van der Waals surface area contributed by atoms with Gasteiger partial charge in [0.2, 0.25) is 11.8 Å². The van der Waals surface area contributed by atoms with E-state index >= 15 is 0 Å². The lowest BCUT2D eigenvalue weighted by Gasteiger charge is -2.39. The molecule has 2 atom stereocenters. The number of carbonyl (C=O) groups is 2. The van der Waals surface area contributed by atoms with Gasteiger partial charge in [0, 0.05) is 28.8 Å². The van der Waals surface area contributed by atoms with E-state index in [1.165, 1.54) is 23.1 Å². The third-order valence-corrected chi connectivity index (χ3v) is 8.82. The minimum Gasteiger partial charge on any atom is -0.477 e. The number of carbonyl (C=O) groups excluding carboxylic acids is 2. The van der Waals surface area contributed by atoms with Crippen molar-refractivity contribution < 1.29 is 14.3 Å². The number of piperidine rings is 1. The van der Waals surface area contributed by atoms with Crippen molar-refractivity contribution in [3.8, 4) is 5.88 Å². The lowest BCUT2D eigenvalue weighted by atomic mass is 9.79. The van der Waals surface area contributed by atoms with Crippen molar-refractivity contribution in [2.45, 2.75) is 28.5 Å². The molecule has 2 unspecified atom stereocenters. The second-order valence-corrected chi connectivity index (χ2v) is 11.3. The highest BCUT2D eigenvalue weighted by Crippen LogP contribution is 2.41. The Kier molecular flexibility index (Phi) is 7.86. The number of aromatic nitrogens is 1. The number of amides is 1. The monoisotopic (exact) mass is 568 g/mol. The normalized spacial score (nSPS) is 19.5. The van der Waals surface area contributed by atoms with Gasteiger partial charge in [0.15, 0.2) is 5.78 Å². The molecule has 1 N–H and O–H groups in total. The highest BCUT2D eigenvalue weighted by atomic mass is 35.5. The number of thiophene rings is 1. The third kappa shape index (κ3) is 5.70. The molecule has 1 aliphatic rings. The second kappa shape index (κ2) is 11.3. The molecule has 4 aromatic rings. The van der Waals surface area contributed by atoms with E-state index in [0.717, 1.165) is 11.1 Å².